The van der Waals surface area contributed by atoms with Crippen LogP contribution in [0.25, 0.3) is 0 Å². The second kappa shape index (κ2) is 6.49. The fourth-order valence-corrected chi connectivity index (χ4v) is 2.40. The van der Waals surface area contributed by atoms with Gasteiger partial charge in [-0.1, -0.05) is 38.5 Å². The zero-order chi connectivity index (χ0) is 14.6. The summed E-state index contributed by atoms with van der Waals surface area (Å²) in [7, 11) is 1.85. The molecular weight excluding hydrogens is 241 g/mol. The molecule has 2 atom stereocenters. The molecule has 0 aliphatic carbocycles. The molecule has 0 heterocycles. The topological polar surface area (TPSA) is 21.3 Å². The molecule has 1 aromatic carbocycles. The summed E-state index contributed by atoms with van der Waals surface area (Å²) in [6.07, 6.45) is -0.0844. The Balaban J connectivity index is 3.19. The van der Waals surface area contributed by atoms with Gasteiger partial charge >= 0.3 is 0 Å². The summed E-state index contributed by atoms with van der Waals surface area (Å²) in [6.45, 7) is 10.9. The molecule has 0 radical (unpaired) electrons. The van der Waals surface area contributed by atoms with E-state index in [1.54, 1.807) is 6.07 Å². The number of rotatable bonds is 5. The van der Waals surface area contributed by atoms with Crippen molar-refractivity contribution in [2.24, 2.45) is 5.41 Å². The van der Waals surface area contributed by atoms with Crippen molar-refractivity contribution in [1.82, 2.24) is 5.32 Å². The minimum Gasteiger partial charge on any atom is -0.376 e. The number of nitrogens with one attached hydrogen (secondary N) is 1. The van der Waals surface area contributed by atoms with Crippen molar-refractivity contribution < 1.29 is 9.13 Å². The van der Waals surface area contributed by atoms with Gasteiger partial charge in [0, 0.05) is 12.2 Å². The van der Waals surface area contributed by atoms with Gasteiger partial charge in [-0.2, -0.15) is 0 Å². The van der Waals surface area contributed by atoms with Gasteiger partial charge in [-0.25, -0.2) is 4.39 Å². The zero-order valence-electron chi connectivity index (χ0n) is 12.9. The molecule has 2 unspecified atom stereocenters. The van der Waals surface area contributed by atoms with Crippen LogP contribution in [0.1, 0.15) is 44.9 Å². The third kappa shape index (κ3) is 4.02. The Morgan fingerprint density at radius 3 is 2.42 bits per heavy atom. The molecular formula is C16H26FNO. The lowest BCUT2D eigenvalue weighted by Gasteiger charge is -2.37. The maximum absolute atomic E-state index is 14.1. The first kappa shape index (κ1) is 16.1. The average molecular weight is 267 g/mol. The second-order valence-corrected chi connectivity index (χ2v) is 6.03. The van der Waals surface area contributed by atoms with Crippen molar-refractivity contribution in [2.75, 3.05) is 13.7 Å². The summed E-state index contributed by atoms with van der Waals surface area (Å²) in [6, 6.07) is 5.06. The van der Waals surface area contributed by atoms with Gasteiger partial charge in [-0.05, 0) is 32.4 Å². The molecule has 108 valence electrons. The number of likely N-dealkylation sites (N-methyl/N-ethyl adjacent to an activating group) is 1. The third-order valence-electron chi connectivity index (χ3n) is 3.30. The molecule has 1 rings (SSSR count). The standard InChI is InChI=1S/C16H26FNO/c1-7-19-15(16(3,4)5)14(18-6)12-10-11(2)8-9-13(12)17/h8-10,14-15,18H,7H2,1-6H3. The van der Waals surface area contributed by atoms with Crippen molar-refractivity contribution in [1.29, 1.82) is 0 Å². The van der Waals surface area contributed by atoms with Gasteiger partial charge in [0.05, 0.1) is 12.1 Å². The van der Waals surface area contributed by atoms with Crippen molar-refractivity contribution in [2.45, 2.75) is 46.8 Å². The van der Waals surface area contributed by atoms with Crippen molar-refractivity contribution in [3.05, 3.63) is 35.1 Å². The van der Waals surface area contributed by atoms with Gasteiger partial charge in [-0.15, -0.1) is 0 Å². The van der Waals surface area contributed by atoms with E-state index in [1.807, 2.05) is 27.0 Å². The highest BCUT2D eigenvalue weighted by atomic mass is 19.1. The van der Waals surface area contributed by atoms with Gasteiger partial charge in [0.2, 0.25) is 0 Å². The predicted molar refractivity (Wildman–Crippen MR) is 77.8 cm³/mol. The van der Waals surface area contributed by atoms with Crippen LogP contribution in [0.4, 0.5) is 4.39 Å². The SMILES string of the molecule is CCOC(C(NC)c1cc(C)ccc1F)C(C)(C)C. The number of hydrogen-bond acceptors (Lipinski definition) is 2. The Labute approximate surface area is 116 Å². The molecule has 0 spiro atoms. The first-order valence-corrected chi connectivity index (χ1v) is 6.86. The minimum atomic E-state index is -0.182. The average Bonchev–Trinajstić information content (AvgIpc) is 2.32. The maximum Gasteiger partial charge on any atom is 0.128 e. The Bertz CT molecular complexity index is 412. The van der Waals surface area contributed by atoms with E-state index in [9.17, 15) is 4.39 Å². The molecule has 0 amide bonds. The number of hydrogen-bond donors (Lipinski definition) is 1. The van der Waals surface area contributed by atoms with Crippen molar-refractivity contribution in [3.63, 3.8) is 0 Å². The number of halogens is 1. The highest BCUT2D eigenvalue weighted by Crippen LogP contribution is 2.34. The van der Waals surface area contributed by atoms with Crippen LogP contribution in [-0.2, 0) is 4.74 Å². The summed E-state index contributed by atoms with van der Waals surface area (Å²) in [5.74, 6) is -0.182. The first-order valence-electron chi connectivity index (χ1n) is 6.86. The molecule has 1 N–H and O–H groups in total. The summed E-state index contributed by atoms with van der Waals surface area (Å²) in [5.41, 5.74) is 1.66. The molecule has 0 aliphatic rings. The van der Waals surface area contributed by atoms with E-state index in [2.05, 4.69) is 26.1 Å². The summed E-state index contributed by atoms with van der Waals surface area (Å²) < 4.78 is 20.0. The molecule has 0 fully saturated rings. The second-order valence-electron chi connectivity index (χ2n) is 6.03. The maximum atomic E-state index is 14.1. The van der Waals surface area contributed by atoms with Crippen LogP contribution < -0.4 is 5.32 Å². The number of ether oxygens (including phenoxy) is 1. The Kier molecular flexibility index (Phi) is 5.50. The monoisotopic (exact) mass is 267 g/mol. The van der Waals surface area contributed by atoms with E-state index in [0.29, 0.717) is 12.2 Å². The Hall–Kier alpha value is -0.930. The highest BCUT2D eigenvalue weighted by Gasteiger charge is 2.34. The summed E-state index contributed by atoms with van der Waals surface area (Å²) in [4.78, 5) is 0. The molecule has 0 aromatic heterocycles. The van der Waals surface area contributed by atoms with E-state index in [4.69, 9.17) is 4.74 Å². The summed E-state index contributed by atoms with van der Waals surface area (Å²) >= 11 is 0. The molecule has 3 heteroatoms. The smallest absolute Gasteiger partial charge is 0.128 e. The molecule has 19 heavy (non-hydrogen) atoms. The van der Waals surface area contributed by atoms with E-state index in [1.165, 1.54) is 6.07 Å². The number of aryl methyl sites for hydroxylation is 1. The number of benzene rings is 1. The minimum absolute atomic E-state index is 0.0696. The van der Waals surface area contributed by atoms with Crippen LogP contribution >= 0.6 is 0 Å². The van der Waals surface area contributed by atoms with Crippen LogP contribution in [0.2, 0.25) is 0 Å². The third-order valence-corrected chi connectivity index (χ3v) is 3.30. The van der Waals surface area contributed by atoms with Crippen LogP contribution in [0.15, 0.2) is 18.2 Å². The first-order chi connectivity index (χ1) is 8.81. The highest BCUT2D eigenvalue weighted by molar-refractivity contribution is 5.28. The lowest BCUT2D eigenvalue weighted by molar-refractivity contribution is -0.0357. The van der Waals surface area contributed by atoms with E-state index >= 15 is 0 Å². The molecule has 0 saturated carbocycles. The lowest BCUT2D eigenvalue weighted by atomic mass is 9.81. The zero-order valence-corrected chi connectivity index (χ0v) is 12.9. The molecule has 0 bridgehead atoms. The molecule has 1 aromatic rings. The fraction of sp³-hybridized carbons (Fsp3) is 0.625. The fourth-order valence-electron chi connectivity index (χ4n) is 2.40. The predicted octanol–water partition coefficient (Wildman–Crippen LogP) is 3.85. The molecule has 2 nitrogen and oxygen atoms in total. The van der Waals surface area contributed by atoms with Crippen LogP contribution in [0, 0.1) is 18.2 Å². The molecule has 0 aliphatic heterocycles. The summed E-state index contributed by atoms with van der Waals surface area (Å²) in [5, 5.41) is 3.21. The van der Waals surface area contributed by atoms with Crippen LogP contribution in [0.3, 0.4) is 0 Å². The van der Waals surface area contributed by atoms with Crippen molar-refractivity contribution >= 4 is 0 Å². The van der Waals surface area contributed by atoms with E-state index < -0.39 is 0 Å². The van der Waals surface area contributed by atoms with E-state index in [-0.39, 0.29) is 23.4 Å². The Morgan fingerprint density at radius 1 is 1.32 bits per heavy atom. The van der Waals surface area contributed by atoms with Gasteiger partial charge in [0.25, 0.3) is 0 Å². The molecule has 0 saturated heterocycles. The largest absolute Gasteiger partial charge is 0.376 e. The van der Waals surface area contributed by atoms with E-state index in [0.717, 1.165) is 5.56 Å². The van der Waals surface area contributed by atoms with Gasteiger partial charge in [0.1, 0.15) is 5.82 Å². The normalized spacial score (nSPS) is 15.3. The van der Waals surface area contributed by atoms with Crippen LogP contribution in [-0.4, -0.2) is 19.8 Å². The van der Waals surface area contributed by atoms with Gasteiger partial charge < -0.3 is 10.1 Å². The van der Waals surface area contributed by atoms with Crippen molar-refractivity contribution in [3.8, 4) is 0 Å². The quantitative estimate of drug-likeness (QED) is 0.875. The van der Waals surface area contributed by atoms with Crippen LogP contribution in [0.5, 0.6) is 0 Å². The van der Waals surface area contributed by atoms with Gasteiger partial charge in [-0.3, -0.25) is 0 Å². The Morgan fingerprint density at radius 2 is 1.95 bits per heavy atom. The lowest BCUT2D eigenvalue weighted by Crippen LogP contribution is -2.41. The van der Waals surface area contributed by atoms with Gasteiger partial charge in [0.15, 0.2) is 0 Å².